The highest BCUT2D eigenvalue weighted by Crippen LogP contribution is 2.25. The molecule has 0 radical (unpaired) electrons. The zero-order valence-electron chi connectivity index (χ0n) is 13.9. The Kier molecular flexibility index (Phi) is 5.36. The quantitative estimate of drug-likeness (QED) is 0.842. The number of amides is 1. The van der Waals surface area contributed by atoms with Gasteiger partial charge in [-0.15, -0.1) is 0 Å². The van der Waals surface area contributed by atoms with Crippen LogP contribution in [0.4, 0.5) is 5.82 Å². The third-order valence-electron chi connectivity index (χ3n) is 4.34. The number of hydrogen-bond donors (Lipinski definition) is 0. The molecule has 0 saturated carbocycles. The molecule has 24 heavy (non-hydrogen) atoms. The Morgan fingerprint density at radius 3 is 2.58 bits per heavy atom. The Morgan fingerprint density at radius 2 is 1.92 bits per heavy atom. The second kappa shape index (κ2) is 7.67. The maximum atomic E-state index is 12.5. The predicted molar refractivity (Wildman–Crippen MR) is 97.6 cm³/mol. The van der Waals surface area contributed by atoms with Crippen molar-refractivity contribution in [1.29, 1.82) is 0 Å². The van der Waals surface area contributed by atoms with Crippen molar-refractivity contribution in [3.63, 3.8) is 0 Å². The van der Waals surface area contributed by atoms with Gasteiger partial charge in [0.15, 0.2) is 0 Å². The Bertz CT molecular complexity index is 699. The highest BCUT2D eigenvalue weighted by Gasteiger charge is 2.20. The van der Waals surface area contributed by atoms with E-state index in [2.05, 4.69) is 17.1 Å². The fourth-order valence-electron chi connectivity index (χ4n) is 3.04. The van der Waals surface area contributed by atoms with Crippen molar-refractivity contribution in [3.8, 4) is 0 Å². The highest BCUT2D eigenvalue weighted by atomic mass is 35.5. The third-order valence-corrected chi connectivity index (χ3v) is 4.61. The number of hydrogen-bond acceptors (Lipinski definition) is 3. The second-order valence-corrected chi connectivity index (χ2v) is 6.63. The van der Waals surface area contributed by atoms with Gasteiger partial charge in [0.2, 0.25) is 0 Å². The number of rotatable bonds is 4. The number of benzene rings is 1. The smallest absolute Gasteiger partial charge is 0.255 e. The Hall–Kier alpha value is -2.07. The molecule has 0 spiro atoms. The molecule has 126 valence electrons. The van der Waals surface area contributed by atoms with Crippen molar-refractivity contribution in [3.05, 3.63) is 58.7 Å². The summed E-state index contributed by atoms with van der Waals surface area (Å²) in [5, 5.41) is 0.510. The monoisotopic (exact) mass is 343 g/mol. The normalized spacial score (nSPS) is 14.5. The summed E-state index contributed by atoms with van der Waals surface area (Å²) in [5.74, 6) is 0.720. The molecule has 3 rings (SSSR count). The summed E-state index contributed by atoms with van der Waals surface area (Å²) in [6.45, 7) is 2.37. The molecule has 0 unspecified atom stereocenters. The molecule has 1 aliphatic rings. The minimum Gasteiger partial charge on any atom is -0.354 e. The van der Waals surface area contributed by atoms with Gasteiger partial charge in [-0.3, -0.25) is 4.79 Å². The predicted octanol–water partition coefficient (Wildman–Crippen LogP) is 4.00. The highest BCUT2D eigenvalue weighted by molar-refractivity contribution is 6.33. The lowest BCUT2D eigenvalue weighted by molar-refractivity contribution is 0.0724. The van der Waals surface area contributed by atoms with E-state index < -0.39 is 0 Å². The number of anilines is 1. The van der Waals surface area contributed by atoms with Crippen LogP contribution in [0.1, 0.15) is 35.2 Å². The van der Waals surface area contributed by atoms with E-state index in [9.17, 15) is 4.79 Å². The van der Waals surface area contributed by atoms with Crippen LogP contribution in [0, 0.1) is 0 Å². The number of pyridine rings is 1. The van der Waals surface area contributed by atoms with Gasteiger partial charge in [0.1, 0.15) is 5.82 Å². The van der Waals surface area contributed by atoms with Gasteiger partial charge in [-0.1, -0.05) is 41.9 Å². The van der Waals surface area contributed by atoms with Crippen molar-refractivity contribution in [2.24, 2.45) is 0 Å². The average Bonchev–Trinajstić information content (AvgIpc) is 2.62. The number of likely N-dealkylation sites (tertiary alicyclic amines) is 1. The van der Waals surface area contributed by atoms with Crippen LogP contribution in [0.5, 0.6) is 0 Å². The zero-order chi connectivity index (χ0) is 16.9. The molecule has 2 heterocycles. The summed E-state index contributed by atoms with van der Waals surface area (Å²) in [6, 6.07) is 11.9. The lowest BCUT2D eigenvalue weighted by atomic mass is 10.1. The molecular formula is C19H22ClN3O. The fraction of sp³-hybridized carbons (Fsp3) is 0.368. The van der Waals surface area contributed by atoms with Gasteiger partial charge in [0.05, 0.1) is 10.6 Å². The van der Waals surface area contributed by atoms with Gasteiger partial charge in [-0.2, -0.15) is 0 Å². The molecule has 0 bridgehead atoms. The number of carbonyl (C=O) groups excluding carboxylic acids is 1. The van der Waals surface area contributed by atoms with Gasteiger partial charge in [0, 0.05) is 32.9 Å². The van der Waals surface area contributed by atoms with E-state index in [1.54, 1.807) is 12.3 Å². The van der Waals surface area contributed by atoms with Gasteiger partial charge >= 0.3 is 0 Å². The van der Waals surface area contributed by atoms with Gasteiger partial charge < -0.3 is 9.80 Å². The van der Waals surface area contributed by atoms with Crippen molar-refractivity contribution in [2.45, 2.75) is 25.8 Å². The molecule has 1 aromatic heterocycles. The van der Waals surface area contributed by atoms with Crippen LogP contribution < -0.4 is 4.90 Å². The lowest BCUT2D eigenvalue weighted by Crippen LogP contribution is -2.35. The van der Waals surface area contributed by atoms with Gasteiger partial charge in [0.25, 0.3) is 5.91 Å². The van der Waals surface area contributed by atoms with Crippen molar-refractivity contribution in [2.75, 3.05) is 25.0 Å². The topological polar surface area (TPSA) is 36.4 Å². The van der Waals surface area contributed by atoms with Crippen LogP contribution in [0.15, 0.2) is 42.6 Å². The van der Waals surface area contributed by atoms with E-state index in [4.69, 9.17) is 11.6 Å². The molecule has 0 atom stereocenters. The van der Waals surface area contributed by atoms with E-state index in [0.29, 0.717) is 22.9 Å². The average molecular weight is 344 g/mol. The molecule has 1 aliphatic heterocycles. The summed E-state index contributed by atoms with van der Waals surface area (Å²) in [5.41, 5.74) is 1.75. The van der Waals surface area contributed by atoms with Crippen molar-refractivity contribution >= 4 is 23.3 Å². The Labute approximate surface area is 148 Å². The van der Waals surface area contributed by atoms with Crippen LogP contribution >= 0.6 is 11.6 Å². The van der Waals surface area contributed by atoms with Crippen LogP contribution in [0.2, 0.25) is 5.02 Å². The Morgan fingerprint density at radius 1 is 1.21 bits per heavy atom. The molecule has 5 heteroatoms. The molecule has 0 N–H and O–H groups in total. The molecule has 1 fully saturated rings. The third kappa shape index (κ3) is 3.88. The molecule has 1 saturated heterocycles. The van der Waals surface area contributed by atoms with Gasteiger partial charge in [-0.25, -0.2) is 4.98 Å². The van der Waals surface area contributed by atoms with Crippen LogP contribution in [-0.2, 0) is 6.54 Å². The van der Waals surface area contributed by atoms with Crippen molar-refractivity contribution < 1.29 is 4.79 Å². The largest absolute Gasteiger partial charge is 0.354 e. The summed E-state index contributed by atoms with van der Waals surface area (Å²) >= 11 is 6.40. The molecule has 1 amide bonds. The lowest BCUT2D eigenvalue weighted by Gasteiger charge is -2.27. The fourth-order valence-corrected chi connectivity index (χ4v) is 3.35. The van der Waals surface area contributed by atoms with Crippen LogP contribution in [-0.4, -0.2) is 35.9 Å². The summed E-state index contributed by atoms with van der Waals surface area (Å²) in [7, 11) is 1.95. The molecule has 4 nitrogen and oxygen atoms in total. The van der Waals surface area contributed by atoms with E-state index in [1.165, 1.54) is 12.0 Å². The first-order valence-electron chi connectivity index (χ1n) is 8.35. The first kappa shape index (κ1) is 16.8. The first-order valence-corrected chi connectivity index (χ1v) is 8.73. The maximum Gasteiger partial charge on any atom is 0.255 e. The molecule has 1 aromatic carbocycles. The van der Waals surface area contributed by atoms with Gasteiger partial charge in [-0.05, 0) is 30.9 Å². The summed E-state index contributed by atoms with van der Waals surface area (Å²) in [6.07, 6.45) is 4.99. The second-order valence-electron chi connectivity index (χ2n) is 6.22. The minimum atomic E-state index is 0.0290. The number of nitrogens with zero attached hydrogens (tertiary/aromatic N) is 3. The maximum absolute atomic E-state index is 12.5. The number of aromatic nitrogens is 1. The number of carbonyl (C=O) groups is 1. The van der Waals surface area contributed by atoms with E-state index >= 15 is 0 Å². The van der Waals surface area contributed by atoms with Crippen LogP contribution in [0.25, 0.3) is 0 Å². The minimum absolute atomic E-state index is 0.0290. The van der Waals surface area contributed by atoms with Crippen molar-refractivity contribution in [1.82, 2.24) is 9.88 Å². The summed E-state index contributed by atoms with van der Waals surface area (Å²) in [4.78, 5) is 20.9. The molecule has 2 aromatic rings. The molecular weight excluding hydrogens is 322 g/mol. The Balaban J connectivity index is 1.73. The van der Waals surface area contributed by atoms with E-state index in [-0.39, 0.29) is 5.91 Å². The SMILES string of the molecule is CN(Cc1ccccc1)c1ncc(C(=O)N2CCCCC2)cc1Cl. The van der Waals surface area contributed by atoms with E-state index in [1.807, 2.05) is 35.0 Å². The van der Waals surface area contributed by atoms with Crippen LogP contribution in [0.3, 0.4) is 0 Å². The number of halogens is 1. The molecule has 0 aliphatic carbocycles. The zero-order valence-corrected chi connectivity index (χ0v) is 14.7. The summed E-state index contributed by atoms with van der Waals surface area (Å²) < 4.78 is 0. The standard InChI is InChI=1S/C19H22ClN3O/c1-22(14-15-8-4-2-5-9-15)18-17(20)12-16(13-21-18)19(24)23-10-6-3-7-11-23/h2,4-5,8-9,12-13H,3,6-7,10-11,14H2,1H3. The number of piperidine rings is 1. The van der Waals surface area contributed by atoms with E-state index in [0.717, 1.165) is 25.9 Å². The first-order chi connectivity index (χ1) is 11.6.